The number of pyridine rings is 1. The average molecular weight is 289 g/mol. The summed E-state index contributed by atoms with van der Waals surface area (Å²) in [5, 5.41) is 0. The summed E-state index contributed by atoms with van der Waals surface area (Å²) in [4.78, 5) is 15.0. The molecular weight excluding hydrogens is 281 g/mol. The maximum Gasteiger partial charge on any atom is 0.153 e. The van der Waals surface area contributed by atoms with E-state index in [0.29, 0.717) is 17.9 Å². The highest BCUT2D eigenvalue weighted by molar-refractivity contribution is 14.1. The normalized spacial score (nSPS) is 14.5. The van der Waals surface area contributed by atoms with Crippen LogP contribution >= 0.6 is 22.6 Å². The van der Waals surface area contributed by atoms with E-state index in [1.54, 1.807) is 6.07 Å². The third kappa shape index (κ3) is 1.67. The predicted molar refractivity (Wildman–Crippen MR) is 56.2 cm³/mol. The number of aryl methyl sites for hydroxylation is 1. The van der Waals surface area contributed by atoms with Crippen LogP contribution in [0.25, 0.3) is 0 Å². The van der Waals surface area contributed by atoms with Gasteiger partial charge in [0.1, 0.15) is 3.70 Å². The smallest absolute Gasteiger partial charge is 0.153 e. The fourth-order valence-electron chi connectivity index (χ4n) is 1.41. The molecule has 0 unspecified atom stereocenters. The Labute approximate surface area is 89.6 Å². The summed E-state index contributed by atoms with van der Waals surface area (Å²) in [6.45, 7) is 0.691. The number of carbonyl (C=O) groups excluding carboxylic acids is 1. The summed E-state index contributed by atoms with van der Waals surface area (Å²) < 4.78 is 6.25. The van der Waals surface area contributed by atoms with Crippen LogP contribution in [-0.2, 0) is 6.42 Å². The van der Waals surface area contributed by atoms with Gasteiger partial charge in [-0.15, -0.1) is 0 Å². The lowest BCUT2D eigenvalue weighted by Crippen LogP contribution is -2.12. The Morgan fingerprint density at radius 1 is 1.62 bits per heavy atom. The van der Waals surface area contributed by atoms with Crippen molar-refractivity contribution in [1.82, 2.24) is 4.98 Å². The van der Waals surface area contributed by atoms with Crippen LogP contribution in [0, 0.1) is 3.70 Å². The van der Waals surface area contributed by atoms with Crippen molar-refractivity contribution in [3.8, 4) is 5.75 Å². The van der Waals surface area contributed by atoms with Crippen molar-refractivity contribution < 1.29 is 9.53 Å². The summed E-state index contributed by atoms with van der Waals surface area (Å²) in [5.74, 6) is 0.682. The molecule has 3 nitrogen and oxygen atoms in total. The van der Waals surface area contributed by atoms with Crippen molar-refractivity contribution in [2.75, 3.05) is 6.61 Å². The zero-order valence-electron chi connectivity index (χ0n) is 6.92. The molecule has 0 bridgehead atoms. The van der Waals surface area contributed by atoms with Crippen molar-refractivity contribution in [2.24, 2.45) is 0 Å². The lowest BCUT2D eigenvalue weighted by Gasteiger charge is -2.17. The Balaban J connectivity index is 2.56. The maximum atomic E-state index is 10.7. The number of aldehydes is 1. The number of aromatic nitrogens is 1. The molecule has 2 rings (SSSR count). The van der Waals surface area contributed by atoms with Crippen molar-refractivity contribution in [2.45, 2.75) is 12.8 Å². The van der Waals surface area contributed by atoms with Crippen molar-refractivity contribution >= 4 is 28.9 Å². The summed E-state index contributed by atoms with van der Waals surface area (Å²) in [7, 11) is 0. The second kappa shape index (κ2) is 3.61. The van der Waals surface area contributed by atoms with Crippen LogP contribution in [0.1, 0.15) is 22.5 Å². The zero-order chi connectivity index (χ0) is 9.26. The fraction of sp³-hybridized carbons (Fsp3) is 0.333. The van der Waals surface area contributed by atoms with Crippen molar-refractivity contribution in [1.29, 1.82) is 0 Å². The quantitative estimate of drug-likeness (QED) is 0.450. The van der Waals surface area contributed by atoms with Gasteiger partial charge in [-0.1, -0.05) is 0 Å². The minimum Gasteiger partial charge on any atom is -0.491 e. The van der Waals surface area contributed by atoms with Gasteiger partial charge in [0.2, 0.25) is 0 Å². The van der Waals surface area contributed by atoms with Gasteiger partial charge >= 0.3 is 0 Å². The van der Waals surface area contributed by atoms with Crippen LogP contribution in [0.4, 0.5) is 0 Å². The molecular formula is C9H8INO2. The molecule has 0 fully saturated rings. The lowest BCUT2D eigenvalue weighted by molar-refractivity contribution is 0.111. The zero-order valence-corrected chi connectivity index (χ0v) is 9.08. The molecule has 13 heavy (non-hydrogen) atoms. The molecule has 0 radical (unpaired) electrons. The molecule has 0 N–H and O–H groups in total. The average Bonchev–Trinajstić information content (AvgIpc) is 2.16. The van der Waals surface area contributed by atoms with Gasteiger partial charge in [-0.3, -0.25) is 4.79 Å². The van der Waals surface area contributed by atoms with Gasteiger partial charge in [0.25, 0.3) is 0 Å². The van der Waals surface area contributed by atoms with Gasteiger partial charge in [0.05, 0.1) is 17.9 Å². The molecule has 4 heteroatoms. The van der Waals surface area contributed by atoms with E-state index in [1.807, 2.05) is 0 Å². The van der Waals surface area contributed by atoms with E-state index in [1.165, 1.54) is 0 Å². The minimum absolute atomic E-state index is 0.620. The minimum atomic E-state index is 0.620. The topological polar surface area (TPSA) is 39.2 Å². The first-order valence-corrected chi connectivity index (χ1v) is 5.16. The highest BCUT2D eigenvalue weighted by atomic mass is 127. The van der Waals surface area contributed by atoms with Gasteiger partial charge in [0, 0.05) is 0 Å². The molecule has 68 valence electrons. The van der Waals surface area contributed by atoms with Crippen molar-refractivity contribution in [3.63, 3.8) is 0 Å². The number of carbonyl (C=O) groups is 1. The monoisotopic (exact) mass is 289 g/mol. The van der Waals surface area contributed by atoms with E-state index in [2.05, 4.69) is 27.6 Å². The number of hydrogen-bond acceptors (Lipinski definition) is 3. The molecule has 0 amide bonds. The Hall–Kier alpha value is -0.650. The molecule has 0 saturated heterocycles. The SMILES string of the molecule is O=Cc1cc(I)nc2c1OCCC2. The molecule has 0 aromatic carbocycles. The highest BCUT2D eigenvalue weighted by Gasteiger charge is 2.16. The number of ether oxygens (including phenoxy) is 1. The van der Waals surface area contributed by atoms with Crippen LogP contribution in [-0.4, -0.2) is 17.9 Å². The van der Waals surface area contributed by atoms with Gasteiger partial charge < -0.3 is 4.74 Å². The number of halogens is 1. The van der Waals surface area contributed by atoms with Crippen molar-refractivity contribution in [3.05, 3.63) is 21.0 Å². The van der Waals surface area contributed by atoms with E-state index in [-0.39, 0.29) is 0 Å². The van der Waals surface area contributed by atoms with Gasteiger partial charge in [-0.2, -0.15) is 0 Å². The standard InChI is InChI=1S/C9H8INO2/c10-8-4-6(5-12)9-7(11-8)2-1-3-13-9/h4-5H,1-3H2. The Morgan fingerprint density at radius 3 is 3.23 bits per heavy atom. The second-order valence-electron chi connectivity index (χ2n) is 2.88. The fourth-order valence-corrected chi connectivity index (χ4v) is 2.04. The molecule has 0 saturated carbocycles. The molecule has 1 aromatic heterocycles. The van der Waals surface area contributed by atoms with E-state index in [0.717, 1.165) is 28.5 Å². The number of fused-ring (bicyclic) bond motifs is 1. The second-order valence-corrected chi connectivity index (χ2v) is 3.99. The third-order valence-electron chi connectivity index (χ3n) is 1.97. The Kier molecular flexibility index (Phi) is 2.48. The third-order valence-corrected chi connectivity index (χ3v) is 2.52. The molecule has 1 aliphatic heterocycles. The molecule has 0 atom stereocenters. The van der Waals surface area contributed by atoms with E-state index in [9.17, 15) is 4.79 Å². The number of hydrogen-bond donors (Lipinski definition) is 0. The largest absolute Gasteiger partial charge is 0.491 e. The maximum absolute atomic E-state index is 10.7. The first-order valence-electron chi connectivity index (χ1n) is 4.08. The predicted octanol–water partition coefficient (Wildman–Crippen LogP) is 1.82. The highest BCUT2D eigenvalue weighted by Crippen LogP contribution is 2.27. The summed E-state index contributed by atoms with van der Waals surface area (Å²) in [6, 6.07) is 1.75. The molecule has 2 heterocycles. The van der Waals surface area contributed by atoms with Crippen LogP contribution < -0.4 is 4.74 Å². The summed E-state index contributed by atoms with van der Waals surface area (Å²) in [5.41, 5.74) is 1.54. The summed E-state index contributed by atoms with van der Waals surface area (Å²) in [6.07, 6.45) is 2.72. The van der Waals surface area contributed by atoms with E-state index in [4.69, 9.17) is 4.74 Å². The van der Waals surface area contributed by atoms with Crippen LogP contribution in [0.3, 0.4) is 0 Å². The molecule has 0 spiro atoms. The van der Waals surface area contributed by atoms with Crippen LogP contribution in [0.2, 0.25) is 0 Å². The number of nitrogens with zero attached hydrogens (tertiary/aromatic N) is 1. The molecule has 0 aliphatic carbocycles. The van der Waals surface area contributed by atoms with E-state index < -0.39 is 0 Å². The first kappa shape index (κ1) is 8.93. The van der Waals surface area contributed by atoms with Gasteiger partial charge in [0.15, 0.2) is 12.0 Å². The van der Waals surface area contributed by atoms with Gasteiger partial charge in [-0.25, -0.2) is 4.98 Å². The Bertz CT molecular complexity index is 352. The lowest BCUT2D eigenvalue weighted by atomic mass is 10.1. The van der Waals surface area contributed by atoms with E-state index >= 15 is 0 Å². The molecule has 1 aromatic rings. The first-order chi connectivity index (χ1) is 6.31. The Morgan fingerprint density at radius 2 is 2.46 bits per heavy atom. The van der Waals surface area contributed by atoms with Crippen LogP contribution in [0.15, 0.2) is 6.07 Å². The summed E-state index contributed by atoms with van der Waals surface area (Å²) >= 11 is 2.11. The molecule has 1 aliphatic rings. The van der Waals surface area contributed by atoms with Crippen LogP contribution in [0.5, 0.6) is 5.75 Å². The van der Waals surface area contributed by atoms with Gasteiger partial charge in [-0.05, 0) is 41.5 Å². The number of rotatable bonds is 1.